The fraction of sp³-hybridized carbons (Fsp3) is 0.538. The van der Waals surface area contributed by atoms with Crippen molar-refractivity contribution in [3.63, 3.8) is 0 Å². The zero-order chi connectivity index (χ0) is 12.0. The van der Waals surface area contributed by atoms with Crippen LogP contribution in [0.25, 0.3) is 0 Å². The third-order valence-electron chi connectivity index (χ3n) is 2.98. The summed E-state index contributed by atoms with van der Waals surface area (Å²) in [6, 6.07) is 9.09. The summed E-state index contributed by atoms with van der Waals surface area (Å²) in [5.41, 5.74) is 8.04. The molecule has 0 aliphatic heterocycles. The predicted molar refractivity (Wildman–Crippen MR) is 75.2 cm³/mol. The van der Waals surface area contributed by atoms with Crippen LogP contribution in [0.1, 0.15) is 18.9 Å². The van der Waals surface area contributed by atoms with Crippen molar-refractivity contribution in [1.29, 1.82) is 0 Å². The number of rotatable bonds is 6. The van der Waals surface area contributed by atoms with Crippen molar-refractivity contribution in [2.75, 3.05) is 24.0 Å². The highest BCUT2D eigenvalue weighted by atomic mass is 32.2. The van der Waals surface area contributed by atoms with Gasteiger partial charge in [-0.25, -0.2) is 0 Å². The molecule has 0 bridgehead atoms. The molecule has 3 heteroatoms. The van der Waals surface area contributed by atoms with Gasteiger partial charge in [0.1, 0.15) is 0 Å². The lowest BCUT2D eigenvalue weighted by molar-refractivity contribution is 0.669. The molecule has 1 rings (SSSR count). The van der Waals surface area contributed by atoms with Crippen molar-refractivity contribution in [2.45, 2.75) is 25.9 Å². The quantitative estimate of drug-likeness (QED) is 0.826. The highest BCUT2D eigenvalue weighted by Crippen LogP contribution is 2.18. The van der Waals surface area contributed by atoms with Crippen LogP contribution in [0, 0.1) is 0 Å². The predicted octanol–water partition coefficient (Wildman–Crippen LogP) is 2.72. The first-order chi connectivity index (χ1) is 7.69. The molecule has 0 fully saturated rings. The molecule has 1 atom stereocenters. The van der Waals surface area contributed by atoms with Crippen LogP contribution in [-0.4, -0.2) is 25.1 Å². The topological polar surface area (TPSA) is 29.3 Å². The molecule has 16 heavy (non-hydrogen) atoms. The average Bonchev–Trinajstić information content (AvgIpc) is 2.35. The Morgan fingerprint density at radius 1 is 1.31 bits per heavy atom. The lowest BCUT2D eigenvalue weighted by atomic mass is 10.1. The lowest BCUT2D eigenvalue weighted by Gasteiger charge is -2.27. The SMILES string of the molecule is CSCCC(C)N(C)c1ccc(CN)cc1. The molecule has 0 heterocycles. The maximum Gasteiger partial charge on any atom is 0.0366 e. The second-order valence-electron chi connectivity index (χ2n) is 4.11. The van der Waals surface area contributed by atoms with Crippen LogP contribution in [0.15, 0.2) is 24.3 Å². The average molecular weight is 238 g/mol. The number of nitrogens with two attached hydrogens (primary N) is 1. The molecule has 2 N–H and O–H groups in total. The second-order valence-corrected chi connectivity index (χ2v) is 5.10. The summed E-state index contributed by atoms with van der Waals surface area (Å²) >= 11 is 1.91. The normalized spacial score (nSPS) is 12.5. The number of hydrogen-bond donors (Lipinski definition) is 1. The second kappa shape index (κ2) is 6.81. The number of thioether (sulfide) groups is 1. The van der Waals surface area contributed by atoms with Crippen LogP contribution in [-0.2, 0) is 6.54 Å². The Morgan fingerprint density at radius 2 is 1.94 bits per heavy atom. The Kier molecular flexibility index (Phi) is 5.71. The number of hydrogen-bond acceptors (Lipinski definition) is 3. The van der Waals surface area contributed by atoms with Crippen LogP contribution >= 0.6 is 11.8 Å². The van der Waals surface area contributed by atoms with Gasteiger partial charge < -0.3 is 10.6 Å². The number of benzene rings is 1. The first-order valence-corrected chi connectivity index (χ1v) is 7.09. The molecular weight excluding hydrogens is 216 g/mol. The molecule has 0 radical (unpaired) electrons. The highest BCUT2D eigenvalue weighted by molar-refractivity contribution is 7.98. The van der Waals surface area contributed by atoms with E-state index in [-0.39, 0.29) is 0 Å². The van der Waals surface area contributed by atoms with Gasteiger partial charge >= 0.3 is 0 Å². The molecule has 0 aliphatic rings. The van der Waals surface area contributed by atoms with Crippen molar-refractivity contribution < 1.29 is 0 Å². The van der Waals surface area contributed by atoms with E-state index in [4.69, 9.17) is 5.73 Å². The van der Waals surface area contributed by atoms with E-state index in [2.05, 4.69) is 49.4 Å². The minimum absolute atomic E-state index is 0.580. The van der Waals surface area contributed by atoms with Crippen molar-refractivity contribution in [1.82, 2.24) is 0 Å². The summed E-state index contributed by atoms with van der Waals surface area (Å²) in [5.74, 6) is 1.21. The summed E-state index contributed by atoms with van der Waals surface area (Å²) in [7, 11) is 2.16. The van der Waals surface area contributed by atoms with E-state index in [9.17, 15) is 0 Å². The van der Waals surface area contributed by atoms with E-state index in [1.54, 1.807) is 0 Å². The van der Waals surface area contributed by atoms with E-state index < -0.39 is 0 Å². The summed E-state index contributed by atoms with van der Waals surface area (Å²) < 4.78 is 0. The maximum absolute atomic E-state index is 5.59. The Labute approximate surface area is 103 Å². The number of nitrogens with zero attached hydrogens (tertiary/aromatic N) is 1. The Hall–Kier alpha value is -0.670. The lowest BCUT2D eigenvalue weighted by Crippen LogP contribution is -2.29. The van der Waals surface area contributed by atoms with Gasteiger partial charge in [-0.3, -0.25) is 0 Å². The fourth-order valence-electron chi connectivity index (χ4n) is 1.60. The minimum Gasteiger partial charge on any atom is -0.372 e. The first kappa shape index (κ1) is 13.4. The van der Waals surface area contributed by atoms with Gasteiger partial charge in [-0.05, 0) is 43.0 Å². The van der Waals surface area contributed by atoms with Gasteiger partial charge in [0.15, 0.2) is 0 Å². The fourth-order valence-corrected chi connectivity index (χ4v) is 2.18. The molecule has 1 unspecified atom stereocenters. The van der Waals surface area contributed by atoms with E-state index in [0.717, 1.165) is 0 Å². The van der Waals surface area contributed by atoms with Crippen molar-refractivity contribution in [2.24, 2.45) is 5.73 Å². The zero-order valence-electron chi connectivity index (χ0n) is 10.4. The standard InChI is InChI=1S/C13H22N2S/c1-11(8-9-16-3)15(2)13-6-4-12(10-14)5-7-13/h4-7,11H,8-10,14H2,1-3H3. The largest absolute Gasteiger partial charge is 0.372 e. The molecule has 0 spiro atoms. The van der Waals surface area contributed by atoms with E-state index in [1.165, 1.54) is 23.4 Å². The van der Waals surface area contributed by atoms with Crippen LogP contribution in [0.4, 0.5) is 5.69 Å². The third kappa shape index (κ3) is 3.72. The Bertz CT molecular complexity index is 297. The van der Waals surface area contributed by atoms with Gasteiger partial charge in [0, 0.05) is 25.3 Å². The van der Waals surface area contributed by atoms with Gasteiger partial charge in [-0.15, -0.1) is 0 Å². The maximum atomic E-state index is 5.59. The van der Waals surface area contributed by atoms with Gasteiger partial charge in [-0.2, -0.15) is 11.8 Å². The monoisotopic (exact) mass is 238 g/mol. The van der Waals surface area contributed by atoms with Crippen molar-refractivity contribution in [3.8, 4) is 0 Å². The smallest absolute Gasteiger partial charge is 0.0366 e. The third-order valence-corrected chi connectivity index (χ3v) is 3.62. The van der Waals surface area contributed by atoms with E-state index in [0.29, 0.717) is 12.6 Å². The van der Waals surface area contributed by atoms with Gasteiger partial charge in [-0.1, -0.05) is 12.1 Å². The van der Waals surface area contributed by atoms with Crippen LogP contribution < -0.4 is 10.6 Å². The highest BCUT2D eigenvalue weighted by Gasteiger charge is 2.09. The van der Waals surface area contributed by atoms with Crippen LogP contribution in [0.5, 0.6) is 0 Å². The molecular formula is C13H22N2S. The van der Waals surface area contributed by atoms with Crippen molar-refractivity contribution >= 4 is 17.4 Å². The molecule has 0 saturated heterocycles. The Balaban J connectivity index is 2.60. The molecule has 0 saturated carbocycles. The summed E-state index contributed by atoms with van der Waals surface area (Å²) in [6.07, 6.45) is 3.37. The molecule has 2 nitrogen and oxygen atoms in total. The first-order valence-electron chi connectivity index (χ1n) is 5.69. The van der Waals surface area contributed by atoms with Gasteiger partial charge in [0.2, 0.25) is 0 Å². The summed E-state index contributed by atoms with van der Waals surface area (Å²) in [6.45, 7) is 2.89. The van der Waals surface area contributed by atoms with Crippen molar-refractivity contribution in [3.05, 3.63) is 29.8 Å². The number of anilines is 1. The van der Waals surface area contributed by atoms with Gasteiger partial charge in [0.05, 0.1) is 0 Å². The molecule has 90 valence electrons. The molecule has 0 aromatic heterocycles. The van der Waals surface area contributed by atoms with E-state index >= 15 is 0 Å². The van der Waals surface area contributed by atoms with Crippen LogP contribution in [0.2, 0.25) is 0 Å². The summed E-state index contributed by atoms with van der Waals surface area (Å²) in [4.78, 5) is 2.33. The minimum atomic E-state index is 0.580. The summed E-state index contributed by atoms with van der Waals surface area (Å²) in [5, 5.41) is 0. The Morgan fingerprint density at radius 3 is 2.44 bits per heavy atom. The van der Waals surface area contributed by atoms with E-state index in [1.807, 2.05) is 11.8 Å². The molecule has 0 aliphatic carbocycles. The zero-order valence-corrected chi connectivity index (χ0v) is 11.3. The van der Waals surface area contributed by atoms with Crippen LogP contribution in [0.3, 0.4) is 0 Å². The molecule has 0 amide bonds. The molecule has 1 aromatic carbocycles. The molecule has 1 aromatic rings. The van der Waals surface area contributed by atoms with Gasteiger partial charge in [0.25, 0.3) is 0 Å².